The minimum absolute atomic E-state index is 0.173. The predicted molar refractivity (Wildman–Crippen MR) is 118 cm³/mol. The van der Waals surface area contributed by atoms with Crippen molar-refractivity contribution < 1.29 is 9.21 Å². The highest BCUT2D eigenvalue weighted by Crippen LogP contribution is 2.29. The molecule has 5 rings (SSSR count). The molecule has 3 aromatic carbocycles. The Balaban J connectivity index is 1.35. The average Bonchev–Trinajstić information content (AvgIpc) is 3.33. The van der Waals surface area contributed by atoms with Gasteiger partial charge in [-0.25, -0.2) is 4.98 Å². The smallest absolute Gasteiger partial charge is 0.257 e. The number of aryl methyl sites for hydroxylation is 1. The van der Waals surface area contributed by atoms with E-state index in [-0.39, 0.29) is 5.91 Å². The Morgan fingerprint density at radius 1 is 1.00 bits per heavy atom. The fourth-order valence-corrected chi connectivity index (χ4v) is 4.23. The quantitative estimate of drug-likeness (QED) is 0.392. The van der Waals surface area contributed by atoms with E-state index in [1.807, 2.05) is 42.6 Å². The molecule has 29 heavy (non-hydrogen) atoms. The van der Waals surface area contributed by atoms with Crippen molar-refractivity contribution in [3.05, 3.63) is 94.5 Å². The second-order valence-electron chi connectivity index (χ2n) is 7.06. The number of para-hydroxylation sites is 1. The summed E-state index contributed by atoms with van der Waals surface area (Å²) in [6.07, 6.45) is 2.63. The van der Waals surface area contributed by atoms with Crippen LogP contribution in [0.1, 0.15) is 26.4 Å². The zero-order chi connectivity index (χ0) is 19.8. The summed E-state index contributed by atoms with van der Waals surface area (Å²) < 4.78 is 5.83. The van der Waals surface area contributed by atoms with Gasteiger partial charge in [0.15, 0.2) is 5.13 Å². The summed E-state index contributed by atoms with van der Waals surface area (Å²) in [7, 11) is 0. The van der Waals surface area contributed by atoms with Gasteiger partial charge in [0.25, 0.3) is 5.91 Å². The maximum absolute atomic E-state index is 12.7. The zero-order valence-corrected chi connectivity index (χ0v) is 16.6. The van der Waals surface area contributed by atoms with Crippen molar-refractivity contribution in [1.82, 2.24) is 4.98 Å². The highest BCUT2D eigenvalue weighted by Gasteiger charge is 2.13. The molecule has 0 aliphatic carbocycles. The first-order valence-electron chi connectivity index (χ1n) is 9.38. The van der Waals surface area contributed by atoms with Crippen LogP contribution in [0.5, 0.6) is 0 Å². The van der Waals surface area contributed by atoms with Gasteiger partial charge in [-0.3, -0.25) is 10.1 Å². The lowest BCUT2D eigenvalue weighted by atomic mass is 10.1. The Labute approximate surface area is 171 Å². The van der Waals surface area contributed by atoms with Gasteiger partial charge in [-0.2, -0.15) is 0 Å². The molecule has 1 amide bonds. The molecule has 0 saturated carbocycles. The average molecular weight is 398 g/mol. The molecule has 142 valence electrons. The number of nitrogens with zero attached hydrogens (tertiary/aromatic N) is 1. The van der Waals surface area contributed by atoms with Crippen LogP contribution in [-0.2, 0) is 6.42 Å². The molecule has 5 aromatic rings. The maximum Gasteiger partial charge on any atom is 0.257 e. The number of furan rings is 1. The molecule has 5 heteroatoms. The Bertz CT molecular complexity index is 1330. The van der Waals surface area contributed by atoms with Crippen molar-refractivity contribution in [3.63, 3.8) is 0 Å². The number of hydrogen-bond donors (Lipinski definition) is 1. The van der Waals surface area contributed by atoms with Crippen LogP contribution in [0.15, 0.2) is 77.3 Å². The lowest BCUT2D eigenvalue weighted by Gasteiger charge is -2.02. The van der Waals surface area contributed by atoms with Crippen LogP contribution in [0.2, 0.25) is 0 Å². The summed E-state index contributed by atoms with van der Waals surface area (Å²) in [5.41, 5.74) is 4.65. The first kappa shape index (κ1) is 17.6. The van der Waals surface area contributed by atoms with Gasteiger partial charge in [-0.1, -0.05) is 48.0 Å². The Morgan fingerprint density at radius 2 is 1.79 bits per heavy atom. The van der Waals surface area contributed by atoms with Crippen molar-refractivity contribution in [3.8, 4) is 0 Å². The van der Waals surface area contributed by atoms with E-state index < -0.39 is 0 Å². The standard InChI is InChI=1S/C24H18N2O2S/c1-15-6-8-16(9-7-15)12-18-14-25-24(29-18)26-23(27)17-10-11-22-20(13-17)19-4-2-3-5-21(19)28-22/h2-11,13-14H,12H2,1H3,(H,25,26,27). The molecule has 0 unspecified atom stereocenters. The van der Waals surface area contributed by atoms with Crippen LogP contribution in [0.25, 0.3) is 21.9 Å². The molecule has 0 fully saturated rings. The molecule has 2 heterocycles. The second kappa shape index (κ2) is 7.18. The van der Waals surface area contributed by atoms with Crippen molar-refractivity contribution >= 4 is 44.3 Å². The van der Waals surface area contributed by atoms with Crippen LogP contribution in [0.3, 0.4) is 0 Å². The van der Waals surface area contributed by atoms with Gasteiger partial charge in [-0.05, 0) is 36.8 Å². The van der Waals surface area contributed by atoms with Gasteiger partial charge in [0, 0.05) is 33.8 Å². The number of thiazole rings is 1. The van der Waals surface area contributed by atoms with E-state index in [4.69, 9.17) is 4.42 Å². The number of aromatic nitrogens is 1. The second-order valence-corrected chi connectivity index (χ2v) is 8.17. The predicted octanol–water partition coefficient (Wildman–Crippen LogP) is 6.19. The number of benzene rings is 3. The number of carbonyl (C=O) groups excluding carboxylic acids is 1. The highest BCUT2D eigenvalue weighted by atomic mass is 32.1. The van der Waals surface area contributed by atoms with Crippen molar-refractivity contribution in [2.24, 2.45) is 0 Å². The number of fused-ring (bicyclic) bond motifs is 3. The zero-order valence-electron chi connectivity index (χ0n) is 15.8. The fourth-order valence-electron chi connectivity index (χ4n) is 3.39. The third-order valence-corrected chi connectivity index (χ3v) is 5.82. The van der Waals surface area contributed by atoms with Gasteiger partial charge in [0.1, 0.15) is 11.2 Å². The summed E-state index contributed by atoms with van der Waals surface area (Å²) in [5, 5.41) is 5.47. The molecular formula is C24H18N2O2S. The van der Waals surface area contributed by atoms with E-state index >= 15 is 0 Å². The summed E-state index contributed by atoms with van der Waals surface area (Å²) >= 11 is 1.50. The number of hydrogen-bond acceptors (Lipinski definition) is 4. The molecule has 0 radical (unpaired) electrons. The normalized spacial score (nSPS) is 11.2. The van der Waals surface area contributed by atoms with Crippen LogP contribution in [0, 0.1) is 6.92 Å². The van der Waals surface area contributed by atoms with Crippen LogP contribution < -0.4 is 5.32 Å². The molecule has 0 aliphatic rings. The number of amides is 1. The minimum Gasteiger partial charge on any atom is -0.456 e. The minimum atomic E-state index is -0.173. The number of rotatable bonds is 4. The lowest BCUT2D eigenvalue weighted by molar-refractivity contribution is 0.102. The Morgan fingerprint density at radius 3 is 2.66 bits per heavy atom. The van der Waals surface area contributed by atoms with Crippen LogP contribution in [-0.4, -0.2) is 10.9 Å². The molecule has 0 spiro atoms. The molecule has 1 N–H and O–H groups in total. The third kappa shape index (κ3) is 3.52. The van der Waals surface area contributed by atoms with Crippen LogP contribution >= 0.6 is 11.3 Å². The van der Waals surface area contributed by atoms with E-state index in [0.717, 1.165) is 33.2 Å². The van der Waals surface area contributed by atoms with Gasteiger partial charge in [0.05, 0.1) is 0 Å². The van der Waals surface area contributed by atoms with E-state index in [9.17, 15) is 4.79 Å². The van der Waals surface area contributed by atoms with E-state index in [1.165, 1.54) is 22.5 Å². The molecular weight excluding hydrogens is 380 g/mol. The largest absolute Gasteiger partial charge is 0.456 e. The van der Waals surface area contributed by atoms with Gasteiger partial charge in [-0.15, -0.1) is 11.3 Å². The van der Waals surface area contributed by atoms with Crippen molar-refractivity contribution in [1.29, 1.82) is 0 Å². The maximum atomic E-state index is 12.7. The topological polar surface area (TPSA) is 55.1 Å². The molecule has 2 aromatic heterocycles. The monoisotopic (exact) mass is 398 g/mol. The molecule has 0 saturated heterocycles. The molecule has 4 nitrogen and oxygen atoms in total. The summed E-state index contributed by atoms with van der Waals surface area (Å²) in [4.78, 5) is 18.2. The van der Waals surface area contributed by atoms with Gasteiger partial charge in [0.2, 0.25) is 0 Å². The number of carbonyl (C=O) groups is 1. The first-order chi connectivity index (χ1) is 14.2. The fraction of sp³-hybridized carbons (Fsp3) is 0.0833. The number of anilines is 1. The third-order valence-electron chi connectivity index (χ3n) is 4.91. The van der Waals surface area contributed by atoms with E-state index in [0.29, 0.717) is 10.7 Å². The van der Waals surface area contributed by atoms with E-state index in [2.05, 4.69) is 41.5 Å². The summed E-state index contributed by atoms with van der Waals surface area (Å²) in [6.45, 7) is 2.08. The SMILES string of the molecule is Cc1ccc(Cc2cnc(NC(=O)c3ccc4oc5ccccc5c4c3)s2)cc1. The number of nitrogens with one attached hydrogen (secondary N) is 1. The molecule has 0 bridgehead atoms. The Kier molecular flexibility index (Phi) is 4.37. The summed E-state index contributed by atoms with van der Waals surface area (Å²) in [5.74, 6) is -0.173. The van der Waals surface area contributed by atoms with Crippen LogP contribution in [0.4, 0.5) is 5.13 Å². The Hall–Kier alpha value is -3.44. The van der Waals surface area contributed by atoms with Gasteiger partial charge < -0.3 is 4.42 Å². The summed E-state index contributed by atoms with van der Waals surface area (Å²) in [6, 6.07) is 21.8. The van der Waals surface area contributed by atoms with E-state index in [1.54, 1.807) is 6.07 Å². The van der Waals surface area contributed by atoms with Crippen molar-refractivity contribution in [2.45, 2.75) is 13.3 Å². The lowest BCUT2D eigenvalue weighted by Crippen LogP contribution is -2.11. The first-order valence-corrected chi connectivity index (χ1v) is 10.2. The molecule has 0 aliphatic heterocycles. The van der Waals surface area contributed by atoms with Gasteiger partial charge >= 0.3 is 0 Å². The highest BCUT2D eigenvalue weighted by molar-refractivity contribution is 7.15. The molecule has 0 atom stereocenters. The van der Waals surface area contributed by atoms with Crippen molar-refractivity contribution in [2.75, 3.05) is 5.32 Å².